The third-order valence-electron chi connectivity index (χ3n) is 3.05. The predicted octanol–water partition coefficient (Wildman–Crippen LogP) is 2.63. The highest BCUT2D eigenvalue weighted by Crippen LogP contribution is 2.48. The van der Waals surface area contributed by atoms with E-state index in [0.717, 1.165) is 17.4 Å². The van der Waals surface area contributed by atoms with E-state index in [0.29, 0.717) is 5.92 Å². The molecule has 72 valence electrons. The van der Waals surface area contributed by atoms with Crippen LogP contribution in [0.3, 0.4) is 0 Å². The van der Waals surface area contributed by atoms with Gasteiger partial charge in [-0.15, -0.1) is 0 Å². The van der Waals surface area contributed by atoms with Crippen molar-refractivity contribution in [1.82, 2.24) is 0 Å². The molecule has 1 aliphatic rings. The van der Waals surface area contributed by atoms with Gasteiger partial charge in [-0.2, -0.15) is 0 Å². The van der Waals surface area contributed by atoms with Crippen LogP contribution in [0.4, 0.5) is 0 Å². The summed E-state index contributed by atoms with van der Waals surface area (Å²) >= 11 is 0. The molecular formula is C11H17NO. The Kier molecular flexibility index (Phi) is 2.16. The fraction of sp³-hybridized carbons (Fsp3) is 0.636. The van der Waals surface area contributed by atoms with Gasteiger partial charge in [0.15, 0.2) is 0 Å². The van der Waals surface area contributed by atoms with Gasteiger partial charge in [0, 0.05) is 0 Å². The first-order valence-electron chi connectivity index (χ1n) is 5.04. The molecule has 0 amide bonds. The van der Waals surface area contributed by atoms with Crippen molar-refractivity contribution < 1.29 is 4.42 Å². The summed E-state index contributed by atoms with van der Waals surface area (Å²) in [4.78, 5) is 0. The second-order valence-corrected chi connectivity index (χ2v) is 4.04. The minimum atomic E-state index is 0.124. The standard InChI is InChI=1S/C11H17NO/c1-3-8-6-9(8)11(12)10-5-4-7(2)13-10/h4-5,8-9,11H,3,6,12H2,1-2H3/t8-,9-,11?/m1/s1. The lowest BCUT2D eigenvalue weighted by Gasteiger charge is -2.06. The molecule has 1 heterocycles. The van der Waals surface area contributed by atoms with Crippen LogP contribution in [0.1, 0.15) is 37.3 Å². The predicted molar refractivity (Wildman–Crippen MR) is 52.3 cm³/mol. The summed E-state index contributed by atoms with van der Waals surface area (Å²) in [6.07, 6.45) is 2.52. The van der Waals surface area contributed by atoms with Crippen molar-refractivity contribution in [1.29, 1.82) is 0 Å². The van der Waals surface area contributed by atoms with Gasteiger partial charge in [0.2, 0.25) is 0 Å². The van der Waals surface area contributed by atoms with E-state index < -0.39 is 0 Å². The Morgan fingerprint density at radius 1 is 1.62 bits per heavy atom. The van der Waals surface area contributed by atoms with Crippen LogP contribution < -0.4 is 5.73 Å². The van der Waals surface area contributed by atoms with E-state index in [4.69, 9.17) is 10.2 Å². The zero-order valence-corrected chi connectivity index (χ0v) is 8.29. The maximum Gasteiger partial charge on any atom is 0.121 e. The normalized spacial score (nSPS) is 28.8. The van der Waals surface area contributed by atoms with E-state index in [-0.39, 0.29) is 6.04 Å². The highest BCUT2D eigenvalue weighted by Gasteiger charge is 2.41. The number of aryl methyl sites for hydroxylation is 1. The van der Waals surface area contributed by atoms with Crippen molar-refractivity contribution in [2.75, 3.05) is 0 Å². The zero-order valence-electron chi connectivity index (χ0n) is 8.29. The first-order valence-corrected chi connectivity index (χ1v) is 5.04. The van der Waals surface area contributed by atoms with Gasteiger partial charge in [-0.3, -0.25) is 0 Å². The third kappa shape index (κ3) is 1.63. The Morgan fingerprint density at radius 3 is 2.85 bits per heavy atom. The van der Waals surface area contributed by atoms with E-state index in [1.165, 1.54) is 12.8 Å². The Labute approximate surface area is 79.1 Å². The van der Waals surface area contributed by atoms with Crippen LogP contribution in [-0.2, 0) is 0 Å². The van der Waals surface area contributed by atoms with Gasteiger partial charge in [0.25, 0.3) is 0 Å². The van der Waals surface area contributed by atoms with Gasteiger partial charge in [-0.25, -0.2) is 0 Å². The van der Waals surface area contributed by atoms with Crippen molar-refractivity contribution in [3.05, 3.63) is 23.7 Å². The average molecular weight is 179 g/mol. The summed E-state index contributed by atoms with van der Waals surface area (Å²) < 4.78 is 5.51. The fourth-order valence-corrected chi connectivity index (χ4v) is 2.02. The minimum absolute atomic E-state index is 0.124. The molecule has 13 heavy (non-hydrogen) atoms. The molecular weight excluding hydrogens is 162 g/mol. The molecule has 0 aromatic carbocycles. The minimum Gasteiger partial charge on any atom is -0.465 e. The molecule has 0 bridgehead atoms. The highest BCUT2D eigenvalue weighted by atomic mass is 16.3. The molecule has 0 aliphatic heterocycles. The van der Waals surface area contributed by atoms with Gasteiger partial charge >= 0.3 is 0 Å². The summed E-state index contributed by atoms with van der Waals surface area (Å²) in [5, 5.41) is 0. The van der Waals surface area contributed by atoms with Crippen molar-refractivity contribution in [3.8, 4) is 0 Å². The lowest BCUT2D eigenvalue weighted by Crippen LogP contribution is -2.12. The summed E-state index contributed by atoms with van der Waals surface area (Å²) in [5.74, 6) is 3.41. The zero-order chi connectivity index (χ0) is 9.42. The Bertz CT molecular complexity index is 292. The van der Waals surface area contributed by atoms with Gasteiger partial charge in [-0.1, -0.05) is 13.3 Å². The van der Waals surface area contributed by atoms with Crippen LogP contribution in [-0.4, -0.2) is 0 Å². The Morgan fingerprint density at radius 2 is 2.38 bits per heavy atom. The Hall–Kier alpha value is -0.760. The van der Waals surface area contributed by atoms with E-state index >= 15 is 0 Å². The smallest absolute Gasteiger partial charge is 0.121 e. The van der Waals surface area contributed by atoms with Crippen molar-refractivity contribution >= 4 is 0 Å². The lowest BCUT2D eigenvalue weighted by molar-refractivity contribution is 0.414. The monoisotopic (exact) mass is 179 g/mol. The largest absolute Gasteiger partial charge is 0.465 e. The second kappa shape index (κ2) is 3.18. The molecule has 2 heteroatoms. The van der Waals surface area contributed by atoms with E-state index in [2.05, 4.69) is 6.92 Å². The molecule has 0 saturated heterocycles. The Balaban J connectivity index is 2.02. The van der Waals surface area contributed by atoms with Gasteiger partial charge in [0.1, 0.15) is 11.5 Å². The van der Waals surface area contributed by atoms with Gasteiger partial charge in [-0.05, 0) is 37.3 Å². The maximum absolute atomic E-state index is 6.09. The van der Waals surface area contributed by atoms with Gasteiger partial charge < -0.3 is 10.2 Å². The van der Waals surface area contributed by atoms with Crippen LogP contribution in [0.15, 0.2) is 16.5 Å². The van der Waals surface area contributed by atoms with Gasteiger partial charge in [0.05, 0.1) is 6.04 Å². The fourth-order valence-electron chi connectivity index (χ4n) is 2.02. The highest BCUT2D eigenvalue weighted by molar-refractivity contribution is 5.13. The molecule has 3 atom stereocenters. The number of hydrogen-bond acceptors (Lipinski definition) is 2. The van der Waals surface area contributed by atoms with Crippen LogP contribution >= 0.6 is 0 Å². The lowest BCUT2D eigenvalue weighted by atomic mass is 10.1. The van der Waals surface area contributed by atoms with Crippen molar-refractivity contribution in [3.63, 3.8) is 0 Å². The molecule has 1 fully saturated rings. The number of hydrogen-bond donors (Lipinski definition) is 1. The average Bonchev–Trinajstić information content (AvgIpc) is 2.80. The number of nitrogens with two attached hydrogens (primary N) is 1. The number of rotatable bonds is 3. The first kappa shape index (κ1) is 8.82. The third-order valence-corrected chi connectivity index (χ3v) is 3.05. The topological polar surface area (TPSA) is 39.2 Å². The van der Waals surface area contributed by atoms with E-state index in [1.54, 1.807) is 0 Å². The number of furan rings is 1. The van der Waals surface area contributed by atoms with Crippen molar-refractivity contribution in [2.24, 2.45) is 17.6 Å². The summed E-state index contributed by atoms with van der Waals surface area (Å²) in [6.45, 7) is 4.19. The first-order chi connectivity index (χ1) is 6.22. The molecule has 0 spiro atoms. The second-order valence-electron chi connectivity index (χ2n) is 4.04. The van der Waals surface area contributed by atoms with E-state index in [9.17, 15) is 0 Å². The SMILES string of the molecule is CC[C@@H]1C[C@H]1C(N)c1ccc(C)o1. The quantitative estimate of drug-likeness (QED) is 0.774. The van der Waals surface area contributed by atoms with E-state index in [1.807, 2.05) is 19.1 Å². The summed E-state index contributed by atoms with van der Waals surface area (Å²) in [5.41, 5.74) is 6.09. The molecule has 2 N–H and O–H groups in total. The molecule has 0 radical (unpaired) electrons. The molecule has 1 saturated carbocycles. The van der Waals surface area contributed by atoms with Crippen LogP contribution in [0.25, 0.3) is 0 Å². The maximum atomic E-state index is 6.09. The van der Waals surface area contributed by atoms with Crippen LogP contribution in [0.2, 0.25) is 0 Å². The summed E-state index contributed by atoms with van der Waals surface area (Å²) in [7, 11) is 0. The molecule has 1 unspecified atom stereocenters. The van der Waals surface area contributed by atoms with Crippen LogP contribution in [0.5, 0.6) is 0 Å². The molecule has 2 nitrogen and oxygen atoms in total. The van der Waals surface area contributed by atoms with Crippen molar-refractivity contribution in [2.45, 2.75) is 32.7 Å². The van der Waals surface area contributed by atoms with Crippen LogP contribution in [0, 0.1) is 18.8 Å². The molecule has 1 aliphatic carbocycles. The molecule has 1 aromatic rings. The molecule has 2 rings (SSSR count). The molecule has 1 aromatic heterocycles. The summed E-state index contributed by atoms with van der Waals surface area (Å²) in [6, 6.07) is 4.11.